The molecule has 4 rings (SSSR count). The average Bonchev–Trinajstić information content (AvgIpc) is 3.11. The van der Waals surface area contributed by atoms with Crippen LogP contribution in [0.15, 0.2) is 53.1 Å². The van der Waals surface area contributed by atoms with Gasteiger partial charge >= 0.3 is 0 Å². The SMILES string of the molecule is COc1ccc2c(CC(=O)Nc3ccc(N4CC[NH+](C)CC4)cc3)coc2c1. The van der Waals surface area contributed by atoms with Crippen LogP contribution in [0.25, 0.3) is 11.0 Å². The van der Waals surface area contributed by atoms with Gasteiger partial charge in [-0.15, -0.1) is 0 Å². The lowest BCUT2D eigenvalue weighted by molar-refractivity contribution is -0.880. The molecule has 28 heavy (non-hydrogen) atoms. The Labute approximate surface area is 164 Å². The van der Waals surface area contributed by atoms with E-state index in [2.05, 4.69) is 29.4 Å². The third-order valence-electron chi connectivity index (χ3n) is 5.35. The van der Waals surface area contributed by atoms with Crippen LogP contribution in [0.4, 0.5) is 11.4 Å². The fourth-order valence-electron chi connectivity index (χ4n) is 3.61. The summed E-state index contributed by atoms with van der Waals surface area (Å²) >= 11 is 0. The lowest BCUT2D eigenvalue weighted by atomic mass is 10.1. The number of fused-ring (bicyclic) bond motifs is 1. The summed E-state index contributed by atoms with van der Waals surface area (Å²) in [5.74, 6) is 0.675. The van der Waals surface area contributed by atoms with E-state index in [1.54, 1.807) is 18.3 Å². The first-order chi connectivity index (χ1) is 13.6. The molecule has 1 aliphatic rings. The van der Waals surface area contributed by atoms with E-state index in [1.165, 1.54) is 5.69 Å². The first-order valence-corrected chi connectivity index (χ1v) is 9.62. The summed E-state index contributed by atoms with van der Waals surface area (Å²) in [5, 5.41) is 3.91. The van der Waals surface area contributed by atoms with Crippen molar-refractivity contribution in [2.45, 2.75) is 6.42 Å². The standard InChI is InChI=1S/C22H25N3O3/c1-24-9-11-25(12-10-24)18-5-3-17(4-6-18)23-22(26)13-16-15-28-21-14-19(27-2)7-8-20(16)21/h3-8,14-15H,9-13H2,1-2H3,(H,23,26)/p+1. The fourth-order valence-corrected chi connectivity index (χ4v) is 3.61. The van der Waals surface area contributed by atoms with Gasteiger partial charge in [-0.05, 0) is 36.4 Å². The molecule has 6 heteroatoms. The largest absolute Gasteiger partial charge is 0.497 e. The number of quaternary nitrogens is 1. The quantitative estimate of drug-likeness (QED) is 0.711. The molecule has 1 saturated heterocycles. The Morgan fingerprint density at radius 1 is 1.18 bits per heavy atom. The smallest absolute Gasteiger partial charge is 0.228 e. The number of benzene rings is 2. The summed E-state index contributed by atoms with van der Waals surface area (Å²) in [7, 11) is 3.85. The maximum absolute atomic E-state index is 12.5. The molecule has 6 nitrogen and oxygen atoms in total. The Balaban J connectivity index is 1.38. The van der Waals surface area contributed by atoms with E-state index >= 15 is 0 Å². The van der Waals surface area contributed by atoms with Crippen LogP contribution < -0.4 is 19.9 Å². The molecular weight excluding hydrogens is 354 g/mol. The molecule has 1 fully saturated rings. The number of hydrogen-bond donors (Lipinski definition) is 2. The van der Waals surface area contributed by atoms with Crippen LogP contribution >= 0.6 is 0 Å². The predicted molar refractivity (Wildman–Crippen MR) is 110 cm³/mol. The number of nitrogens with zero attached hydrogens (tertiary/aromatic N) is 1. The number of amides is 1. The van der Waals surface area contributed by atoms with Crippen LogP contribution in [0, 0.1) is 0 Å². The molecule has 0 spiro atoms. The number of ether oxygens (including phenoxy) is 1. The summed E-state index contributed by atoms with van der Waals surface area (Å²) in [5.41, 5.74) is 3.61. The molecule has 3 aromatic rings. The Morgan fingerprint density at radius 3 is 2.64 bits per heavy atom. The molecule has 0 radical (unpaired) electrons. The van der Waals surface area contributed by atoms with Crippen molar-refractivity contribution in [3.05, 3.63) is 54.3 Å². The second kappa shape index (κ2) is 7.94. The van der Waals surface area contributed by atoms with Gasteiger partial charge in [0.25, 0.3) is 0 Å². The molecule has 0 saturated carbocycles. The first kappa shape index (κ1) is 18.4. The van der Waals surface area contributed by atoms with E-state index in [9.17, 15) is 4.79 Å². The number of nitrogens with one attached hydrogen (secondary N) is 2. The van der Waals surface area contributed by atoms with Crippen LogP contribution in [0.3, 0.4) is 0 Å². The fraction of sp³-hybridized carbons (Fsp3) is 0.318. The van der Waals surface area contributed by atoms with Gasteiger partial charge in [0.2, 0.25) is 5.91 Å². The molecule has 0 unspecified atom stereocenters. The maximum atomic E-state index is 12.5. The number of piperazine rings is 1. The van der Waals surface area contributed by atoms with Gasteiger partial charge < -0.3 is 24.3 Å². The number of likely N-dealkylation sites (N-methyl/N-ethyl adjacent to an activating group) is 1. The van der Waals surface area contributed by atoms with E-state index in [4.69, 9.17) is 9.15 Å². The van der Waals surface area contributed by atoms with Crippen molar-refractivity contribution in [1.82, 2.24) is 0 Å². The van der Waals surface area contributed by atoms with E-state index in [-0.39, 0.29) is 12.3 Å². The second-order valence-electron chi connectivity index (χ2n) is 7.34. The summed E-state index contributed by atoms with van der Waals surface area (Å²) in [6.45, 7) is 4.44. The minimum absolute atomic E-state index is 0.0607. The zero-order valence-electron chi connectivity index (χ0n) is 16.3. The van der Waals surface area contributed by atoms with Crippen LogP contribution in [0.1, 0.15) is 5.56 Å². The number of carbonyl (C=O) groups is 1. The molecule has 1 amide bonds. The summed E-state index contributed by atoms with van der Waals surface area (Å²) < 4.78 is 10.8. The number of furan rings is 1. The highest BCUT2D eigenvalue weighted by molar-refractivity contribution is 5.95. The van der Waals surface area contributed by atoms with Crippen molar-refractivity contribution < 1.29 is 18.8 Å². The number of methoxy groups -OCH3 is 1. The third-order valence-corrected chi connectivity index (χ3v) is 5.35. The van der Waals surface area contributed by atoms with Crippen molar-refractivity contribution in [2.75, 3.05) is 50.6 Å². The summed E-state index contributed by atoms with van der Waals surface area (Å²) in [6, 6.07) is 13.7. The molecule has 0 atom stereocenters. The molecular formula is C22H26N3O3+. The molecule has 1 aliphatic heterocycles. The van der Waals surface area contributed by atoms with Gasteiger partial charge in [0.1, 0.15) is 11.3 Å². The van der Waals surface area contributed by atoms with Gasteiger partial charge in [0.15, 0.2) is 0 Å². The van der Waals surface area contributed by atoms with Crippen molar-refractivity contribution in [1.29, 1.82) is 0 Å². The van der Waals surface area contributed by atoms with E-state index in [0.29, 0.717) is 0 Å². The molecule has 0 aliphatic carbocycles. The van der Waals surface area contributed by atoms with Crippen LogP contribution in [0.2, 0.25) is 0 Å². The number of carbonyl (C=O) groups excluding carboxylic acids is 1. The molecule has 146 valence electrons. The van der Waals surface area contributed by atoms with Gasteiger partial charge in [0.05, 0.1) is 53.0 Å². The van der Waals surface area contributed by atoms with Crippen molar-refractivity contribution in [2.24, 2.45) is 0 Å². The summed E-state index contributed by atoms with van der Waals surface area (Å²) in [4.78, 5) is 16.4. The minimum Gasteiger partial charge on any atom is -0.497 e. The molecule has 2 heterocycles. The number of hydrogen-bond acceptors (Lipinski definition) is 4. The lowest BCUT2D eigenvalue weighted by Crippen LogP contribution is -3.12. The van der Waals surface area contributed by atoms with Crippen LogP contribution in [-0.2, 0) is 11.2 Å². The first-order valence-electron chi connectivity index (χ1n) is 9.62. The number of rotatable bonds is 5. The van der Waals surface area contributed by atoms with Crippen molar-refractivity contribution in [3.63, 3.8) is 0 Å². The van der Waals surface area contributed by atoms with E-state index in [1.807, 2.05) is 30.3 Å². The van der Waals surface area contributed by atoms with Crippen molar-refractivity contribution in [3.8, 4) is 5.75 Å². The van der Waals surface area contributed by atoms with Crippen molar-refractivity contribution >= 4 is 28.3 Å². The Morgan fingerprint density at radius 2 is 1.93 bits per heavy atom. The van der Waals surface area contributed by atoms with Gasteiger partial charge in [0, 0.05) is 28.4 Å². The van der Waals surface area contributed by atoms with Gasteiger partial charge in [-0.3, -0.25) is 4.79 Å². The van der Waals surface area contributed by atoms with E-state index < -0.39 is 0 Å². The third kappa shape index (κ3) is 3.97. The highest BCUT2D eigenvalue weighted by atomic mass is 16.5. The maximum Gasteiger partial charge on any atom is 0.228 e. The van der Waals surface area contributed by atoms with Crippen LogP contribution in [0.5, 0.6) is 5.75 Å². The normalized spacial score (nSPS) is 15.0. The topological polar surface area (TPSA) is 59.1 Å². The van der Waals surface area contributed by atoms with E-state index in [0.717, 1.165) is 54.1 Å². The zero-order valence-corrected chi connectivity index (χ0v) is 16.3. The Hall–Kier alpha value is -2.99. The zero-order chi connectivity index (χ0) is 19.5. The second-order valence-corrected chi connectivity index (χ2v) is 7.34. The predicted octanol–water partition coefficient (Wildman–Crippen LogP) is 1.96. The monoisotopic (exact) mass is 380 g/mol. The minimum atomic E-state index is -0.0607. The molecule has 2 aromatic carbocycles. The highest BCUT2D eigenvalue weighted by Gasteiger charge is 2.17. The average molecular weight is 380 g/mol. The van der Waals surface area contributed by atoms with Gasteiger partial charge in [-0.2, -0.15) is 0 Å². The van der Waals surface area contributed by atoms with Gasteiger partial charge in [-0.1, -0.05) is 0 Å². The molecule has 1 aromatic heterocycles. The van der Waals surface area contributed by atoms with Crippen LogP contribution in [-0.4, -0.2) is 46.2 Å². The van der Waals surface area contributed by atoms with Gasteiger partial charge in [-0.25, -0.2) is 0 Å². The lowest BCUT2D eigenvalue weighted by Gasteiger charge is -2.31. The Kier molecular flexibility index (Phi) is 5.21. The number of anilines is 2. The Bertz CT molecular complexity index is 957. The molecule has 0 bridgehead atoms. The molecule has 2 N–H and O–H groups in total. The summed E-state index contributed by atoms with van der Waals surface area (Å²) in [6.07, 6.45) is 1.91. The highest BCUT2D eigenvalue weighted by Crippen LogP contribution is 2.26.